The highest BCUT2D eigenvalue weighted by Crippen LogP contribution is 2.37. The molecule has 4 rings (SSSR count). The summed E-state index contributed by atoms with van der Waals surface area (Å²) < 4.78 is 0. The maximum atomic E-state index is 13.8. The molecule has 3 aromatic carbocycles. The smallest absolute Gasteiger partial charge is 0.259 e. The number of hydrogen-bond donors (Lipinski definition) is 1. The van der Waals surface area contributed by atoms with Crippen molar-refractivity contribution in [3.63, 3.8) is 0 Å². The fraction of sp³-hybridized carbons (Fsp3) is 0.296. The molecule has 0 saturated carbocycles. The minimum absolute atomic E-state index is 0.117. The van der Waals surface area contributed by atoms with Crippen LogP contribution in [-0.2, 0) is 16.1 Å². The van der Waals surface area contributed by atoms with Crippen molar-refractivity contribution in [1.29, 1.82) is 0 Å². The summed E-state index contributed by atoms with van der Waals surface area (Å²) in [5.41, 5.74) is 1.94. The molecule has 1 heterocycles. The second-order valence-electron chi connectivity index (χ2n) is 8.54. The maximum Gasteiger partial charge on any atom is 0.259 e. The number of halogens is 2. The number of amides is 3. The van der Waals surface area contributed by atoms with Crippen molar-refractivity contribution in [3.05, 3.63) is 75.8 Å². The molecule has 182 valence electrons. The van der Waals surface area contributed by atoms with E-state index in [1.54, 1.807) is 24.3 Å². The average Bonchev–Trinajstić information content (AvgIpc) is 3.11. The van der Waals surface area contributed by atoms with E-state index in [2.05, 4.69) is 5.32 Å². The third-order valence-corrected chi connectivity index (χ3v) is 6.82. The normalized spacial score (nSPS) is 13.3. The van der Waals surface area contributed by atoms with E-state index in [1.165, 1.54) is 9.80 Å². The number of hydrogen-bond acceptors (Lipinski definition) is 3. The minimum Gasteiger partial charge on any atom is -0.354 e. The number of nitrogens with one attached hydrogen (secondary N) is 1. The van der Waals surface area contributed by atoms with Gasteiger partial charge in [0.15, 0.2) is 0 Å². The van der Waals surface area contributed by atoms with Gasteiger partial charge in [-0.1, -0.05) is 67.4 Å². The highest BCUT2D eigenvalue weighted by molar-refractivity contribution is 6.35. The fourth-order valence-corrected chi connectivity index (χ4v) is 4.95. The lowest BCUT2D eigenvalue weighted by Gasteiger charge is -2.32. The third kappa shape index (κ3) is 5.00. The van der Waals surface area contributed by atoms with Gasteiger partial charge >= 0.3 is 0 Å². The number of benzene rings is 3. The Balaban J connectivity index is 1.66. The highest BCUT2D eigenvalue weighted by atomic mass is 35.5. The van der Waals surface area contributed by atoms with Gasteiger partial charge in [0.05, 0.1) is 5.69 Å². The van der Waals surface area contributed by atoms with Gasteiger partial charge in [-0.3, -0.25) is 19.3 Å². The molecule has 6 nitrogen and oxygen atoms in total. The van der Waals surface area contributed by atoms with Gasteiger partial charge in [0.1, 0.15) is 12.6 Å². The Hall–Kier alpha value is -3.09. The second kappa shape index (κ2) is 10.7. The summed E-state index contributed by atoms with van der Waals surface area (Å²) in [6.07, 6.45) is 1.19. The van der Waals surface area contributed by atoms with Crippen LogP contribution < -0.4 is 10.2 Å². The molecule has 8 heteroatoms. The zero-order chi connectivity index (χ0) is 25.1. The lowest BCUT2D eigenvalue weighted by Crippen LogP contribution is -2.52. The Bertz CT molecular complexity index is 1290. The Morgan fingerprint density at radius 1 is 1.06 bits per heavy atom. The number of carbonyl (C=O) groups is 3. The predicted molar refractivity (Wildman–Crippen MR) is 140 cm³/mol. The van der Waals surface area contributed by atoms with Gasteiger partial charge in [-0.2, -0.15) is 0 Å². The van der Waals surface area contributed by atoms with E-state index >= 15 is 0 Å². The van der Waals surface area contributed by atoms with Crippen molar-refractivity contribution in [2.24, 2.45) is 0 Å². The first kappa shape index (κ1) is 25.0. The maximum absolute atomic E-state index is 13.8. The Kier molecular flexibility index (Phi) is 7.63. The molecule has 1 N–H and O–H groups in total. The highest BCUT2D eigenvalue weighted by Gasteiger charge is 2.35. The summed E-state index contributed by atoms with van der Waals surface area (Å²) in [4.78, 5) is 43.0. The van der Waals surface area contributed by atoms with Gasteiger partial charge in [-0.05, 0) is 48.1 Å². The monoisotopic (exact) mass is 511 g/mol. The zero-order valence-electron chi connectivity index (χ0n) is 19.7. The molecular weight excluding hydrogens is 485 g/mol. The predicted octanol–water partition coefficient (Wildman–Crippen LogP) is 5.44. The van der Waals surface area contributed by atoms with Gasteiger partial charge < -0.3 is 10.2 Å². The zero-order valence-corrected chi connectivity index (χ0v) is 21.2. The van der Waals surface area contributed by atoms with E-state index in [0.29, 0.717) is 39.8 Å². The van der Waals surface area contributed by atoms with Crippen molar-refractivity contribution >= 4 is 57.4 Å². The van der Waals surface area contributed by atoms with E-state index in [4.69, 9.17) is 23.2 Å². The van der Waals surface area contributed by atoms with Crippen LogP contribution >= 0.6 is 23.2 Å². The summed E-state index contributed by atoms with van der Waals surface area (Å²) in [5, 5.41) is 5.57. The number of carbonyl (C=O) groups excluding carboxylic acids is 3. The number of rotatable bonds is 9. The van der Waals surface area contributed by atoms with Gasteiger partial charge in [0.25, 0.3) is 5.91 Å². The first-order chi connectivity index (χ1) is 16.8. The molecule has 0 saturated heterocycles. The van der Waals surface area contributed by atoms with E-state index in [1.807, 2.05) is 44.2 Å². The first-order valence-corrected chi connectivity index (χ1v) is 12.5. The molecule has 0 fully saturated rings. The lowest BCUT2D eigenvalue weighted by molar-refractivity contribution is -0.140. The quantitative estimate of drug-likeness (QED) is 0.415. The van der Waals surface area contributed by atoms with Crippen molar-refractivity contribution < 1.29 is 14.4 Å². The number of nitrogens with zero attached hydrogens (tertiary/aromatic N) is 2. The van der Waals surface area contributed by atoms with E-state index < -0.39 is 6.04 Å². The Labute approximate surface area is 214 Å². The summed E-state index contributed by atoms with van der Waals surface area (Å²) in [6, 6.07) is 15.6. The largest absolute Gasteiger partial charge is 0.354 e. The van der Waals surface area contributed by atoms with E-state index in [-0.39, 0.29) is 30.8 Å². The van der Waals surface area contributed by atoms with Crippen molar-refractivity contribution in [2.75, 3.05) is 18.0 Å². The molecule has 0 spiro atoms. The molecule has 3 amide bonds. The Morgan fingerprint density at radius 2 is 1.80 bits per heavy atom. The molecule has 0 aliphatic carbocycles. The summed E-state index contributed by atoms with van der Waals surface area (Å²) in [7, 11) is 0. The van der Waals surface area contributed by atoms with Crippen LogP contribution in [0.4, 0.5) is 5.69 Å². The fourth-order valence-electron chi connectivity index (χ4n) is 4.48. The molecule has 1 unspecified atom stereocenters. The summed E-state index contributed by atoms with van der Waals surface area (Å²) in [5.74, 6) is -0.795. The van der Waals surface area contributed by atoms with Gasteiger partial charge in [-0.25, -0.2) is 0 Å². The van der Waals surface area contributed by atoms with Crippen LogP contribution in [0, 0.1) is 0 Å². The molecule has 1 atom stereocenters. The molecule has 35 heavy (non-hydrogen) atoms. The third-order valence-electron chi connectivity index (χ3n) is 6.23. The van der Waals surface area contributed by atoms with Crippen molar-refractivity contribution in [1.82, 2.24) is 10.2 Å². The molecule has 1 aliphatic heterocycles. The van der Waals surface area contributed by atoms with Crippen LogP contribution in [-0.4, -0.2) is 41.8 Å². The van der Waals surface area contributed by atoms with Gasteiger partial charge in [0.2, 0.25) is 11.8 Å². The van der Waals surface area contributed by atoms with Crippen molar-refractivity contribution in [3.8, 4) is 0 Å². The second-order valence-corrected chi connectivity index (χ2v) is 9.39. The number of anilines is 1. The first-order valence-electron chi connectivity index (χ1n) is 11.7. The van der Waals surface area contributed by atoms with E-state index in [9.17, 15) is 14.4 Å². The average molecular weight is 512 g/mol. The molecular formula is C27H27Cl2N3O3. The summed E-state index contributed by atoms with van der Waals surface area (Å²) >= 11 is 12.5. The minimum atomic E-state index is -0.711. The van der Waals surface area contributed by atoms with Crippen LogP contribution in [0.3, 0.4) is 0 Å². The van der Waals surface area contributed by atoms with Crippen LogP contribution in [0.1, 0.15) is 42.6 Å². The van der Waals surface area contributed by atoms with Crippen LogP contribution in [0.15, 0.2) is 54.6 Å². The van der Waals surface area contributed by atoms with Crippen LogP contribution in [0.2, 0.25) is 10.0 Å². The van der Waals surface area contributed by atoms with Crippen LogP contribution in [0.5, 0.6) is 0 Å². The van der Waals surface area contributed by atoms with Gasteiger partial charge in [0, 0.05) is 34.1 Å². The summed E-state index contributed by atoms with van der Waals surface area (Å²) in [6.45, 7) is 4.27. The Morgan fingerprint density at radius 3 is 2.49 bits per heavy atom. The lowest BCUT2D eigenvalue weighted by atomic mass is 10.1. The van der Waals surface area contributed by atoms with Crippen molar-refractivity contribution in [2.45, 2.75) is 39.3 Å². The SMILES string of the molecule is CCCNC(=O)C(CC)N(Cc1ccc(Cl)cc1Cl)C(=O)CN1C(=O)c2cccc3cccc1c23. The van der Waals surface area contributed by atoms with Gasteiger partial charge in [-0.15, -0.1) is 0 Å². The molecule has 3 aromatic rings. The molecule has 0 bridgehead atoms. The standard InChI is InChI=1S/C27H27Cl2N3O3/c1-3-13-30-26(34)22(4-2)31(15-18-11-12-19(28)14-21(18)29)24(33)16-32-23-10-6-8-17-7-5-9-20(25(17)23)27(32)35/h5-12,14,22H,3-4,13,15-16H2,1-2H3,(H,30,34). The van der Waals surface area contributed by atoms with Crippen LogP contribution in [0.25, 0.3) is 10.8 Å². The molecule has 0 aromatic heterocycles. The topological polar surface area (TPSA) is 69.7 Å². The molecule has 1 aliphatic rings. The molecule has 0 radical (unpaired) electrons. The van der Waals surface area contributed by atoms with E-state index in [0.717, 1.165) is 17.2 Å².